The number of amides is 1. The van der Waals surface area contributed by atoms with Crippen LogP contribution < -0.4 is 5.32 Å². The zero-order valence-corrected chi connectivity index (χ0v) is 39.4. The van der Waals surface area contributed by atoms with E-state index in [0.717, 1.165) is 70.6 Å². The van der Waals surface area contributed by atoms with E-state index in [1.807, 2.05) is 6.08 Å². The Labute approximate surface area is 373 Å². The monoisotopic (exact) mass is 832 g/mol. The molecule has 344 valence electrons. The summed E-state index contributed by atoms with van der Waals surface area (Å²) in [6.07, 6.45) is 75.4. The number of allylic oxidation sites excluding steroid dienone is 15. The first-order valence-electron chi connectivity index (χ1n) is 25.5. The number of hydrogen-bond donors (Lipinski definition) is 3. The van der Waals surface area contributed by atoms with Gasteiger partial charge in [0.1, 0.15) is 0 Å². The van der Waals surface area contributed by atoms with E-state index in [1.54, 1.807) is 6.08 Å². The molecule has 0 aromatic heterocycles. The number of hydrogen-bond acceptors (Lipinski definition) is 3. The second-order valence-corrected chi connectivity index (χ2v) is 16.8. The van der Waals surface area contributed by atoms with E-state index in [9.17, 15) is 15.0 Å². The lowest BCUT2D eigenvalue weighted by Gasteiger charge is -2.19. The molecule has 4 heteroatoms. The molecule has 3 N–H and O–H groups in total. The summed E-state index contributed by atoms with van der Waals surface area (Å²) >= 11 is 0. The van der Waals surface area contributed by atoms with Gasteiger partial charge in [0, 0.05) is 6.42 Å². The fraction of sp³-hybridized carbons (Fsp3) is 0.696. The lowest BCUT2D eigenvalue weighted by atomic mass is 10.0. The maximum Gasteiger partial charge on any atom is 0.220 e. The minimum absolute atomic E-state index is 0.0826. The van der Waals surface area contributed by atoms with Crippen molar-refractivity contribution >= 4 is 5.91 Å². The van der Waals surface area contributed by atoms with Crippen LogP contribution in [0.5, 0.6) is 0 Å². The second-order valence-electron chi connectivity index (χ2n) is 16.8. The lowest BCUT2D eigenvalue weighted by molar-refractivity contribution is -0.123. The first-order valence-corrected chi connectivity index (χ1v) is 25.5. The van der Waals surface area contributed by atoms with E-state index in [0.29, 0.717) is 6.42 Å². The predicted molar refractivity (Wildman–Crippen MR) is 266 cm³/mol. The van der Waals surface area contributed by atoms with E-state index in [-0.39, 0.29) is 12.5 Å². The zero-order valence-electron chi connectivity index (χ0n) is 39.4. The Balaban J connectivity index is 3.61. The Bertz CT molecular complexity index is 1130. The summed E-state index contributed by atoms with van der Waals surface area (Å²) in [5, 5.41) is 23.1. The fourth-order valence-electron chi connectivity index (χ4n) is 7.18. The van der Waals surface area contributed by atoms with Crippen LogP contribution in [0.4, 0.5) is 0 Å². The van der Waals surface area contributed by atoms with Crippen LogP contribution >= 0.6 is 0 Å². The van der Waals surface area contributed by atoms with Gasteiger partial charge in [0.25, 0.3) is 0 Å². The first kappa shape index (κ1) is 57.3. The number of rotatable bonds is 45. The second kappa shape index (κ2) is 50.7. The number of carbonyl (C=O) groups is 1. The van der Waals surface area contributed by atoms with Crippen molar-refractivity contribution in [2.24, 2.45) is 0 Å². The summed E-state index contributed by atoms with van der Waals surface area (Å²) < 4.78 is 0. The Morgan fingerprint density at radius 2 is 0.750 bits per heavy atom. The molecule has 0 aliphatic rings. The Hall–Kier alpha value is -2.69. The van der Waals surface area contributed by atoms with Crippen LogP contribution in [0.1, 0.15) is 232 Å². The fourth-order valence-corrected chi connectivity index (χ4v) is 7.18. The average molecular weight is 832 g/mol. The molecule has 60 heavy (non-hydrogen) atoms. The molecule has 0 aliphatic carbocycles. The molecule has 0 aromatic rings. The van der Waals surface area contributed by atoms with Gasteiger partial charge in [-0.25, -0.2) is 0 Å². The summed E-state index contributed by atoms with van der Waals surface area (Å²) in [5.41, 5.74) is 0. The van der Waals surface area contributed by atoms with Gasteiger partial charge in [-0.1, -0.05) is 233 Å². The van der Waals surface area contributed by atoms with Crippen LogP contribution in [0.3, 0.4) is 0 Å². The van der Waals surface area contributed by atoms with Gasteiger partial charge in [-0.3, -0.25) is 4.79 Å². The molecule has 0 rings (SSSR count). The van der Waals surface area contributed by atoms with Crippen LogP contribution in [-0.2, 0) is 4.79 Å². The third-order valence-electron chi connectivity index (χ3n) is 11.0. The van der Waals surface area contributed by atoms with E-state index in [4.69, 9.17) is 0 Å². The van der Waals surface area contributed by atoms with Crippen molar-refractivity contribution in [3.63, 3.8) is 0 Å². The molecule has 0 saturated heterocycles. The molecule has 2 atom stereocenters. The smallest absolute Gasteiger partial charge is 0.220 e. The van der Waals surface area contributed by atoms with E-state index in [1.165, 1.54) is 141 Å². The van der Waals surface area contributed by atoms with Crippen molar-refractivity contribution in [2.45, 2.75) is 244 Å². The van der Waals surface area contributed by atoms with Crippen molar-refractivity contribution in [1.29, 1.82) is 0 Å². The summed E-state index contributed by atoms with van der Waals surface area (Å²) in [4.78, 5) is 12.4. The summed E-state index contributed by atoms with van der Waals surface area (Å²) in [6.45, 7) is 4.18. The van der Waals surface area contributed by atoms with E-state index in [2.05, 4.69) is 104 Å². The molecule has 4 nitrogen and oxygen atoms in total. The maximum atomic E-state index is 12.4. The Morgan fingerprint density at radius 3 is 1.17 bits per heavy atom. The van der Waals surface area contributed by atoms with Gasteiger partial charge in [-0.15, -0.1) is 0 Å². The van der Waals surface area contributed by atoms with E-state index < -0.39 is 12.1 Å². The van der Waals surface area contributed by atoms with Crippen molar-refractivity contribution in [3.8, 4) is 0 Å². The van der Waals surface area contributed by atoms with E-state index >= 15 is 0 Å². The molecule has 2 unspecified atom stereocenters. The normalized spacial score (nSPS) is 13.7. The van der Waals surface area contributed by atoms with Gasteiger partial charge in [0.2, 0.25) is 5.91 Å². The summed E-state index contributed by atoms with van der Waals surface area (Å²) in [5.74, 6) is -0.0826. The first-order chi connectivity index (χ1) is 29.7. The van der Waals surface area contributed by atoms with Crippen LogP contribution in [0, 0.1) is 0 Å². The number of carbonyl (C=O) groups excluding carboxylic acids is 1. The molecule has 1 amide bonds. The lowest BCUT2D eigenvalue weighted by Crippen LogP contribution is -2.45. The molecule has 0 radical (unpaired) electrons. The molecule has 0 spiro atoms. The highest BCUT2D eigenvalue weighted by Crippen LogP contribution is 2.14. The van der Waals surface area contributed by atoms with Crippen LogP contribution in [0.25, 0.3) is 0 Å². The Kier molecular flexibility index (Phi) is 48.4. The highest BCUT2D eigenvalue weighted by Gasteiger charge is 2.17. The van der Waals surface area contributed by atoms with Crippen molar-refractivity contribution in [2.75, 3.05) is 6.61 Å². The average Bonchev–Trinajstić information content (AvgIpc) is 3.25. The third-order valence-corrected chi connectivity index (χ3v) is 11.0. The molecule has 0 heterocycles. The SMILES string of the molecule is CC/C=C\C/C=C\C/C=C\C/C=C\C/C=C\CCCCCCCCCCCCCCCC(=O)NC(CO)C(O)/C=C/CC/C=C/CC/C=C/CCCCCCCCCCC. The minimum Gasteiger partial charge on any atom is -0.394 e. The molecule has 0 saturated carbocycles. The van der Waals surface area contributed by atoms with Gasteiger partial charge >= 0.3 is 0 Å². The van der Waals surface area contributed by atoms with Gasteiger partial charge < -0.3 is 15.5 Å². The van der Waals surface area contributed by atoms with Crippen molar-refractivity contribution in [3.05, 3.63) is 97.2 Å². The van der Waals surface area contributed by atoms with Crippen LogP contribution in [0.2, 0.25) is 0 Å². The predicted octanol–water partition coefficient (Wildman–Crippen LogP) is 16.6. The van der Waals surface area contributed by atoms with Gasteiger partial charge in [0.15, 0.2) is 0 Å². The molecule has 0 aromatic carbocycles. The zero-order chi connectivity index (χ0) is 43.5. The highest BCUT2D eigenvalue weighted by atomic mass is 16.3. The topological polar surface area (TPSA) is 69.6 Å². The molecular weight excluding hydrogens is 735 g/mol. The molecule has 0 fully saturated rings. The third kappa shape index (κ3) is 46.4. The maximum absolute atomic E-state index is 12.4. The number of nitrogens with one attached hydrogen (secondary N) is 1. The molecule has 0 aliphatic heterocycles. The minimum atomic E-state index is -0.876. The van der Waals surface area contributed by atoms with Crippen LogP contribution in [0.15, 0.2) is 97.2 Å². The number of unbranched alkanes of at least 4 members (excludes halogenated alkanes) is 24. The standard InChI is InChI=1S/C56H97NO3/c1-3-5-7-9-11-13-15-17-19-21-23-24-25-26-27-28-29-30-31-32-34-36-38-40-42-44-46-48-50-52-56(60)57-54(53-58)55(59)51-49-47-45-43-41-39-37-35-33-22-20-18-16-14-12-10-8-6-4-2/h5,7,11,13,17,19,23-24,26-27,33,35,41,43,49,51,54-55,58-59H,3-4,6,8-10,12,14-16,18,20-22,25,28-32,34,36-40,42,44-48,50,52-53H2,1-2H3,(H,57,60)/b7-5-,13-11-,19-17-,24-23-,27-26-,35-33+,43-41+,51-49+. The quantitative estimate of drug-likeness (QED) is 0.0423. The highest BCUT2D eigenvalue weighted by molar-refractivity contribution is 5.76. The van der Waals surface area contributed by atoms with Crippen molar-refractivity contribution in [1.82, 2.24) is 5.32 Å². The van der Waals surface area contributed by atoms with Crippen LogP contribution in [-0.4, -0.2) is 34.9 Å². The summed E-state index contributed by atoms with van der Waals surface area (Å²) in [7, 11) is 0. The van der Waals surface area contributed by atoms with Gasteiger partial charge in [-0.2, -0.15) is 0 Å². The Morgan fingerprint density at radius 1 is 0.417 bits per heavy atom. The molecular formula is C56H97NO3. The number of aliphatic hydroxyl groups is 2. The summed E-state index contributed by atoms with van der Waals surface area (Å²) in [6, 6.07) is -0.652. The van der Waals surface area contributed by atoms with Crippen molar-refractivity contribution < 1.29 is 15.0 Å². The number of aliphatic hydroxyl groups excluding tert-OH is 2. The largest absolute Gasteiger partial charge is 0.394 e. The van der Waals surface area contributed by atoms with Gasteiger partial charge in [-0.05, 0) is 89.9 Å². The molecule has 0 bridgehead atoms. The van der Waals surface area contributed by atoms with Gasteiger partial charge in [0.05, 0.1) is 18.8 Å².